The molecular formula is C13H18BrClS. The average molecular weight is 322 g/mol. The van der Waals surface area contributed by atoms with Crippen LogP contribution in [0, 0.1) is 11.3 Å². The van der Waals surface area contributed by atoms with Gasteiger partial charge in [0.15, 0.2) is 0 Å². The smallest absolute Gasteiger partial charge is 0.0712 e. The number of rotatable bonds is 2. The first kappa shape index (κ1) is 12.9. The molecule has 0 saturated heterocycles. The Morgan fingerprint density at radius 2 is 2.19 bits per heavy atom. The highest BCUT2D eigenvalue weighted by atomic mass is 79.9. The van der Waals surface area contributed by atoms with Crippen LogP contribution < -0.4 is 0 Å². The molecule has 1 aromatic heterocycles. The molecule has 0 nitrogen and oxygen atoms in total. The quantitative estimate of drug-likeness (QED) is 0.585. The van der Waals surface area contributed by atoms with E-state index in [1.165, 1.54) is 34.3 Å². The fourth-order valence-electron chi connectivity index (χ4n) is 2.74. The Labute approximate surface area is 116 Å². The number of halogens is 2. The van der Waals surface area contributed by atoms with Gasteiger partial charge in [-0.05, 0) is 52.2 Å². The standard InChI is InChI=1S/C13H18BrClS/c1-13(2)8-4-3-5-9(13)12(15)10-6-7-11(14)16-10/h6-7,9,12H,3-5,8H2,1-2H3. The highest BCUT2D eigenvalue weighted by molar-refractivity contribution is 9.11. The Hall–Kier alpha value is 0.470. The lowest BCUT2D eigenvalue weighted by atomic mass is 9.67. The van der Waals surface area contributed by atoms with Crippen LogP contribution in [-0.4, -0.2) is 0 Å². The normalized spacial score (nSPS) is 26.6. The van der Waals surface area contributed by atoms with Gasteiger partial charge in [0.2, 0.25) is 0 Å². The van der Waals surface area contributed by atoms with E-state index < -0.39 is 0 Å². The van der Waals surface area contributed by atoms with Crippen molar-refractivity contribution >= 4 is 38.9 Å². The van der Waals surface area contributed by atoms with Crippen molar-refractivity contribution in [3.63, 3.8) is 0 Å². The Bertz CT molecular complexity index is 359. The molecule has 0 spiro atoms. The van der Waals surface area contributed by atoms with E-state index in [9.17, 15) is 0 Å². The summed E-state index contributed by atoms with van der Waals surface area (Å²) >= 11 is 12.0. The minimum Gasteiger partial charge on any atom is -0.132 e. The molecule has 1 saturated carbocycles. The number of alkyl halides is 1. The van der Waals surface area contributed by atoms with Crippen molar-refractivity contribution in [1.82, 2.24) is 0 Å². The maximum absolute atomic E-state index is 6.67. The van der Waals surface area contributed by atoms with Gasteiger partial charge in [-0.3, -0.25) is 0 Å². The van der Waals surface area contributed by atoms with Crippen LogP contribution in [0.15, 0.2) is 15.9 Å². The molecule has 1 aromatic rings. The van der Waals surface area contributed by atoms with Gasteiger partial charge in [0, 0.05) is 4.88 Å². The van der Waals surface area contributed by atoms with Crippen molar-refractivity contribution < 1.29 is 0 Å². The van der Waals surface area contributed by atoms with Crippen LogP contribution >= 0.6 is 38.9 Å². The van der Waals surface area contributed by atoms with Crippen LogP contribution in [0.1, 0.15) is 49.8 Å². The minimum atomic E-state index is 0.187. The van der Waals surface area contributed by atoms with E-state index >= 15 is 0 Å². The van der Waals surface area contributed by atoms with Crippen molar-refractivity contribution in [3.8, 4) is 0 Å². The molecule has 0 aromatic carbocycles. The summed E-state index contributed by atoms with van der Waals surface area (Å²) in [5.41, 5.74) is 0.390. The van der Waals surface area contributed by atoms with E-state index in [1.54, 1.807) is 11.3 Å². The zero-order valence-corrected chi connectivity index (χ0v) is 13.0. The lowest BCUT2D eigenvalue weighted by Crippen LogP contribution is -2.30. The van der Waals surface area contributed by atoms with Gasteiger partial charge in [-0.1, -0.05) is 26.7 Å². The third-order valence-corrected chi connectivity index (χ3v) is 6.18. The molecule has 1 heterocycles. The molecule has 0 amide bonds. The monoisotopic (exact) mass is 320 g/mol. The van der Waals surface area contributed by atoms with E-state index in [4.69, 9.17) is 11.6 Å². The van der Waals surface area contributed by atoms with Gasteiger partial charge in [0.05, 0.1) is 9.16 Å². The van der Waals surface area contributed by atoms with Crippen LogP contribution in [0.4, 0.5) is 0 Å². The van der Waals surface area contributed by atoms with Gasteiger partial charge < -0.3 is 0 Å². The van der Waals surface area contributed by atoms with Crippen LogP contribution in [-0.2, 0) is 0 Å². The first-order valence-corrected chi connectivity index (χ1v) is 7.94. The predicted molar refractivity (Wildman–Crippen MR) is 76.4 cm³/mol. The second-order valence-corrected chi connectivity index (χ2v) is 8.35. The number of hydrogen-bond donors (Lipinski definition) is 0. The lowest BCUT2D eigenvalue weighted by molar-refractivity contribution is 0.134. The van der Waals surface area contributed by atoms with Gasteiger partial charge in [-0.2, -0.15) is 0 Å². The molecule has 16 heavy (non-hydrogen) atoms. The van der Waals surface area contributed by atoms with Crippen molar-refractivity contribution in [2.45, 2.75) is 44.9 Å². The number of hydrogen-bond acceptors (Lipinski definition) is 1. The zero-order valence-electron chi connectivity index (χ0n) is 9.80. The molecule has 2 unspecified atom stereocenters. The predicted octanol–water partition coefficient (Wildman–Crippen LogP) is 6.01. The fraction of sp³-hybridized carbons (Fsp3) is 0.692. The molecule has 0 radical (unpaired) electrons. The van der Waals surface area contributed by atoms with Gasteiger partial charge in [-0.25, -0.2) is 0 Å². The third kappa shape index (κ3) is 2.65. The Kier molecular flexibility index (Phi) is 4.03. The largest absolute Gasteiger partial charge is 0.132 e. The second-order valence-electron chi connectivity index (χ2n) is 5.38. The molecule has 3 heteroatoms. The molecule has 2 atom stereocenters. The van der Waals surface area contributed by atoms with Crippen LogP contribution in [0.25, 0.3) is 0 Å². The summed E-state index contributed by atoms with van der Waals surface area (Å²) in [6.07, 6.45) is 5.29. The van der Waals surface area contributed by atoms with Gasteiger partial charge in [-0.15, -0.1) is 22.9 Å². The molecule has 1 fully saturated rings. The number of thiophene rings is 1. The lowest BCUT2D eigenvalue weighted by Gasteiger charge is -2.41. The first-order valence-electron chi connectivity index (χ1n) is 5.90. The summed E-state index contributed by atoms with van der Waals surface area (Å²) in [4.78, 5) is 1.31. The molecule has 0 bridgehead atoms. The molecule has 90 valence electrons. The Balaban J connectivity index is 2.17. The molecule has 1 aliphatic carbocycles. The van der Waals surface area contributed by atoms with Gasteiger partial charge >= 0.3 is 0 Å². The highest BCUT2D eigenvalue weighted by Gasteiger charge is 2.37. The second kappa shape index (κ2) is 4.99. The van der Waals surface area contributed by atoms with E-state index in [2.05, 4.69) is 41.9 Å². The van der Waals surface area contributed by atoms with E-state index in [0.29, 0.717) is 11.3 Å². The van der Waals surface area contributed by atoms with Gasteiger partial charge in [0.1, 0.15) is 0 Å². The van der Waals surface area contributed by atoms with E-state index in [-0.39, 0.29) is 5.38 Å². The summed E-state index contributed by atoms with van der Waals surface area (Å²) in [6.45, 7) is 4.74. The first-order chi connectivity index (χ1) is 7.50. The summed E-state index contributed by atoms with van der Waals surface area (Å²) in [5.74, 6) is 0.619. The van der Waals surface area contributed by atoms with Crippen LogP contribution in [0.2, 0.25) is 0 Å². The molecule has 1 aliphatic rings. The fourth-order valence-corrected chi connectivity index (χ4v) is 4.88. The van der Waals surface area contributed by atoms with Crippen molar-refractivity contribution in [2.75, 3.05) is 0 Å². The summed E-state index contributed by atoms with van der Waals surface area (Å²) in [7, 11) is 0. The topological polar surface area (TPSA) is 0 Å². The Morgan fingerprint density at radius 3 is 2.75 bits per heavy atom. The van der Waals surface area contributed by atoms with Crippen LogP contribution in [0.3, 0.4) is 0 Å². The van der Waals surface area contributed by atoms with Crippen molar-refractivity contribution in [3.05, 3.63) is 20.8 Å². The van der Waals surface area contributed by atoms with Gasteiger partial charge in [0.25, 0.3) is 0 Å². The molecule has 2 rings (SSSR count). The van der Waals surface area contributed by atoms with Crippen molar-refractivity contribution in [2.24, 2.45) is 11.3 Å². The third-order valence-electron chi connectivity index (χ3n) is 3.81. The summed E-state index contributed by atoms with van der Waals surface area (Å²) < 4.78 is 1.18. The molecule has 0 aliphatic heterocycles. The maximum atomic E-state index is 6.67. The average Bonchev–Trinajstić information content (AvgIpc) is 2.63. The SMILES string of the molecule is CC1(C)CCCCC1C(Cl)c1ccc(Br)s1. The van der Waals surface area contributed by atoms with Crippen LogP contribution in [0.5, 0.6) is 0 Å². The van der Waals surface area contributed by atoms with E-state index in [1.807, 2.05) is 0 Å². The van der Waals surface area contributed by atoms with Crippen molar-refractivity contribution in [1.29, 1.82) is 0 Å². The maximum Gasteiger partial charge on any atom is 0.0712 e. The summed E-state index contributed by atoms with van der Waals surface area (Å²) in [5, 5.41) is 0.187. The summed E-state index contributed by atoms with van der Waals surface area (Å²) in [6, 6.07) is 4.27. The molecule has 0 N–H and O–H groups in total. The Morgan fingerprint density at radius 1 is 1.44 bits per heavy atom. The minimum absolute atomic E-state index is 0.187. The molecular weight excluding hydrogens is 304 g/mol. The highest BCUT2D eigenvalue weighted by Crippen LogP contribution is 2.50. The van der Waals surface area contributed by atoms with E-state index in [0.717, 1.165) is 0 Å². The zero-order chi connectivity index (χ0) is 11.8.